The van der Waals surface area contributed by atoms with Crippen molar-refractivity contribution in [2.75, 3.05) is 6.61 Å². The Balaban J connectivity index is 2.71. The second-order valence-corrected chi connectivity index (χ2v) is 6.17. The first kappa shape index (κ1) is 19.9. The van der Waals surface area contributed by atoms with Crippen LogP contribution >= 0.6 is 0 Å². The maximum atomic E-state index is 12.0. The molecule has 1 amide bonds. The number of aryl methyl sites for hydroxylation is 1. The molecule has 0 saturated carbocycles. The van der Waals surface area contributed by atoms with E-state index in [0.717, 1.165) is 5.56 Å². The molecule has 0 saturated heterocycles. The largest absolute Gasteiger partial charge is 0.451 e. The lowest BCUT2D eigenvalue weighted by atomic mass is 9.90. The molecule has 25 heavy (non-hydrogen) atoms. The molecule has 0 spiro atoms. The second-order valence-electron chi connectivity index (χ2n) is 6.17. The van der Waals surface area contributed by atoms with Crippen LogP contribution in [-0.2, 0) is 14.3 Å². The van der Waals surface area contributed by atoms with Crippen LogP contribution in [-0.4, -0.2) is 24.0 Å². The van der Waals surface area contributed by atoms with Crippen LogP contribution < -0.4 is 5.32 Å². The molecule has 1 aromatic rings. The predicted molar refractivity (Wildman–Crippen MR) is 92.7 cm³/mol. The van der Waals surface area contributed by atoms with Gasteiger partial charge in [0, 0.05) is 0 Å². The number of amides is 1. The van der Waals surface area contributed by atoms with E-state index in [2.05, 4.69) is 5.32 Å². The molecule has 1 N–H and O–H groups in total. The number of esters is 1. The zero-order valence-corrected chi connectivity index (χ0v) is 14.8. The van der Waals surface area contributed by atoms with Gasteiger partial charge in [0.05, 0.1) is 6.07 Å². The highest BCUT2D eigenvalue weighted by molar-refractivity contribution is 5.98. The topological polar surface area (TPSA) is 103 Å². The van der Waals surface area contributed by atoms with Crippen molar-refractivity contribution in [3.8, 4) is 12.1 Å². The summed E-state index contributed by atoms with van der Waals surface area (Å²) in [5.41, 5.74) is 0.476. The van der Waals surface area contributed by atoms with E-state index in [1.807, 2.05) is 25.1 Å². The lowest BCUT2D eigenvalue weighted by Crippen LogP contribution is -2.50. The fourth-order valence-electron chi connectivity index (χ4n) is 1.80. The summed E-state index contributed by atoms with van der Waals surface area (Å²) in [6, 6.07) is 11.1. The van der Waals surface area contributed by atoms with E-state index < -0.39 is 24.0 Å². The van der Waals surface area contributed by atoms with E-state index >= 15 is 0 Å². The maximum Gasteiger partial charge on any atom is 0.349 e. The molecule has 0 radical (unpaired) electrons. The molecule has 6 heteroatoms. The van der Waals surface area contributed by atoms with Gasteiger partial charge in [0.25, 0.3) is 5.91 Å². The molecule has 0 aromatic heterocycles. The summed E-state index contributed by atoms with van der Waals surface area (Å²) in [6.07, 6.45) is 1.40. The maximum absolute atomic E-state index is 12.0. The first-order valence-corrected chi connectivity index (χ1v) is 7.79. The Bertz CT molecular complexity index is 752. The van der Waals surface area contributed by atoms with E-state index in [1.54, 1.807) is 39.0 Å². The third-order valence-electron chi connectivity index (χ3n) is 3.85. The van der Waals surface area contributed by atoms with Gasteiger partial charge in [0.15, 0.2) is 6.61 Å². The first-order valence-electron chi connectivity index (χ1n) is 7.79. The zero-order valence-electron chi connectivity index (χ0n) is 14.8. The highest BCUT2D eigenvalue weighted by atomic mass is 16.5. The standard InChI is InChI=1S/C19H21N3O3/c1-13(2)19(4,12-21)22-17(23)11-25-18(24)16(10-20)9-15-7-5-14(3)6-8-15/h5-9,13H,11H2,1-4H3,(H,22,23)/b16-9+/t19-/m0/s1. The number of nitrogens with one attached hydrogen (secondary N) is 1. The normalized spacial score (nSPS) is 13.3. The number of hydrogen-bond acceptors (Lipinski definition) is 5. The molecule has 1 aromatic carbocycles. The molecule has 0 heterocycles. The van der Waals surface area contributed by atoms with Crippen LogP contribution in [0.1, 0.15) is 31.9 Å². The number of carbonyl (C=O) groups is 2. The molecule has 1 rings (SSSR count). The Kier molecular flexibility index (Phi) is 6.90. The minimum Gasteiger partial charge on any atom is -0.451 e. The number of benzene rings is 1. The van der Waals surface area contributed by atoms with Gasteiger partial charge in [-0.25, -0.2) is 4.79 Å². The molecular formula is C19H21N3O3. The van der Waals surface area contributed by atoms with Crippen LogP contribution in [0.2, 0.25) is 0 Å². The first-order chi connectivity index (χ1) is 11.7. The molecule has 0 fully saturated rings. The van der Waals surface area contributed by atoms with Crippen molar-refractivity contribution in [3.05, 3.63) is 41.0 Å². The van der Waals surface area contributed by atoms with Crippen LogP contribution in [0.4, 0.5) is 0 Å². The van der Waals surface area contributed by atoms with Crippen LogP contribution in [0.15, 0.2) is 29.8 Å². The molecular weight excluding hydrogens is 318 g/mol. The fraction of sp³-hybridized carbons (Fsp3) is 0.368. The van der Waals surface area contributed by atoms with E-state index in [1.165, 1.54) is 6.08 Å². The Morgan fingerprint density at radius 2 is 1.88 bits per heavy atom. The molecule has 0 aliphatic rings. The summed E-state index contributed by atoms with van der Waals surface area (Å²) in [5, 5.41) is 20.8. The van der Waals surface area contributed by atoms with Crippen molar-refractivity contribution in [2.45, 2.75) is 33.2 Å². The van der Waals surface area contributed by atoms with Gasteiger partial charge in [0.2, 0.25) is 0 Å². The smallest absolute Gasteiger partial charge is 0.349 e. The number of nitriles is 2. The minimum atomic E-state index is -1.06. The van der Waals surface area contributed by atoms with Crippen molar-refractivity contribution in [3.63, 3.8) is 0 Å². The molecule has 130 valence electrons. The highest BCUT2D eigenvalue weighted by Gasteiger charge is 2.30. The van der Waals surface area contributed by atoms with Crippen LogP contribution in [0, 0.1) is 35.5 Å². The summed E-state index contributed by atoms with van der Waals surface area (Å²) in [4.78, 5) is 23.9. The van der Waals surface area contributed by atoms with Gasteiger partial charge in [-0.05, 0) is 31.4 Å². The predicted octanol–water partition coefficient (Wildman–Crippen LogP) is 2.50. The molecule has 1 atom stereocenters. The second kappa shape index (κ2) is 8.65. The Morgan fingerprint density at radius 3 is 2.36 bits per heavy atom. The average Bonchev–Trinajstić information content (AvgIpc) is 2.58. The van der Waals surface area contributed by atoms with Crippen molar-refractivity contribution < 1.29 is 14.3 Å². The fourth-order valence-corrected chi connectivity index (χ4v) is 1.80. The van der Waals surface area contributed by atoms with E-state index in [0.29, 0.717) is 5.56 Å². The van der Waals surface area contributed by atoms with Gasteiger partial charge in [-0.3, -0.25) is 4.79 Å². The number of rotatable bonds is 6. The quantitative estimate of drug-likeness (QED) is 0.487. The molecule has 6 nitrogen and oxygen atoms in total. The Morgan fingerprint density at radius 1 is 1.28 bits per heavy atom. The molecule has 0 unspecified atom stereocenters. The number of hydrogen-bond donors (Lipinski definition) is 1. The monoisotopic (exact) mass is 339 g/mol. The average molecular weight is 339 g/mol. The summed E-state index contributed by atoms with van der Waals surface area (Å²) in [6.45, 7) is 6.56. The van der Waals surface area contributed by atoms with Crippen LogP contribution in [0.3, 0.4) is 0 Å². The molecule has 0 aliphatic carbocycles. The van der Waals surface area contributed by atoms with Crippen molar-refractivity contribution in [2.24, 2.45) is 5.92 Å². The Labute approximate surface area is 147 Å². The number of carbonyl (C=O) groups excluding carboxylic acids is 2. The van der Waals surface area contributed by atoms with Gasteiger partial charge in [0.1, 0.15) is 17.2 Å². The van der Waals surface area contributed by atoms with Gasteiger partial charge in [-0.2, -0.15) is 10.5 Å². The third kappa shape index (κ3) is 5.78. The zero-order chi connectivity index (χ0) is 19.0. The van der Waals surface area contributed by atoms with E-state index in [-0.39, 0.29) is 11.5 Å². The Hall–Kier alpha value is -3.12. The number of ether oxygens (including phenoxy) is 1. The summed E-state index contributed by atoms with van der Waals surface area (Å²) in [5.74, 6) is -1.60. The third-order valence-corrected chi connectivity index (χ3v) is 3.85. The van der Waals surface area contributed by atoms with E-state index in [9.17, 15) is 9.59 Å². The van der Waals surface area contributed by atoms with Crippen molar-refractivity contribution >= 4 is 18.0 Å². The lowest BCUT2D eigenvalue weighted by Gasteiger charge is -2.27. The highest BCUT2D eigenvalue weighted by Crippen LogP contribution is 2.15. The van der Waals surface area contributed by atoms with Crippen LogP contribution in [0.25, 0.3) is 6.08 Å². The van der Waals surface area contributed by atoms with Gasteiger partial charge in [-0.1, -0.05) is 43.7 Å². The van der Waals surface area contributed by atoms with Crippen molar-refractivity contribution in [1.82, 2.24) is 5.32 Å². The van der Waals surface area contributed by atoms with Crippen molar-refractivity contribution in [1.29, 1.82) is 10.5 Å². The summed E-state index contributed by atoms with van der Waals surface area (Å²) < 4.78 is 4.87. The van der Waals surface area contributed by atoms with Crippen LogP contribution in [0.5, 0.6) is 0 Å². The van der Waals surface area contributed by atoms with Gasteiger partial charge in [-0.15, -0.1) is 0 Å². The van der Waals surface area contributed by atoms with E-state index in [4.69, 9.17) is 15.3 Å². The summed E-state index contributed by atoms with van der Waals surface area (Å²) >= 11 is 0. The molecule has 0 bridgehead atoms. The van der Waals surface area contributed by atoms with Gasteiger partial charge < -0.3 is 10.1 Å². The summed E-state index contributed by atoms with van der Waals surface area (Å²) in [7, 11) is 0. The number of nitrogens with zero attached hydrogens (tertiary/aromatic N) is 2. The minimum absolute atomic E-state index is 0.117. The molecule has 0 aliphatic heterocycles. The lowest BCUT2D eigenvalue weighted by molar-refractivity contribution is -0.144. The van der Waals surface area contributed by atoms with Gasteiger partial charge >= 0.3 is 5.97 Å². The SMILES string of the molecule is Cc1ccc(/C=C(\C#N)C(=O)OCC(=O)N[C@@](C)(C#N)C(C)C)cc1.